The van der Waals surface area contributed by atoms with Crippen LogP contribution in [0.5, 0.6) is 17.2 Å². The summed E-state index contributed by atoms with van der Waals surface area (Å²) in [4.78, 5) is 13.7. The monoisotopic (exact) mass is 594 g/mol. The van der Waals surface area contributed by atoms with E-state index in [1.54, 1.807) is 14.2 Å². The van der Waals surface area contributed by atoms with Crippen molar-refractivity contribution >= 4 is 52.4 Å². The molecule has 0 aliphatic carbocycles. The predicted octanol–water partition coefficient (Wildman–Crippen LogP) is 8.41. The van der Waals surface area contributed by atoms with E-state index in [0.29, 0.717) is 28.2 Å². The lowest BCUT2D eigenvalue weighted by molar-refractivity contribution is -0.147. The summed E-state index contributed by atoms with van der Waals surface area (Å²) in [6.07, 6.45) is 0.159. The largest absolute Gasteiger partial charge is 0.505 e. The molecule has 1 aliphatic heterocycles. The van der Waals surface area contributed by atoms with Crippen molar-refractivity contribution in [1.82, 2.24) is 0 Å². The summed E-state index contributed by atoms with van der Waals surface area (Å²) in [5.41, 5.74) is 1.06. The molecule has 0 saturated carbocycles. The number of carbonyl (C=O) groups is 1. The van der Waals surface area contributed by atoms with Crippen LogP contribution >= 0.6 is 46.4 Å². The van der Waals surface area contributed by atoms with Gasteiger partial charge in [-0.3, -0.25) is 0 Å². The van der Waals surface area contributed by atoms with Crippen LogP contribution in [0.15, 0.2) is 59.7 Å². The summed E-state index contributed by atoms with van der Waals surface area (Å²) in [6.45, 7) is 5.74. The number of rotatable bonds is 6. The first kappa shape index (κ1) is 28.4. The van der Waals surface area contributed by atoms with Crippen molar-refractivity contribution in [3.8, 4) is 17.2 Å². The molecule has 0 amide bonds. The van der Waals surface area contributed by atoms with Crippen molar-refractivity contribution in [3.05, 3.63) is 96.5 Å². The Bertz CT molecular complexity index is 1350. The lowest BCUT2D eigenvalue weighted by Gasteiger charge is -2.40. The van der Waals surface area contributed by atoms with E-state index < -0.39 is 22.7 Å². The molecule has 3 aromatic rings. The van der Waals surface area contributed by atoms with Gasteiger partial charge in [-0.15, -0.1) is 0 Å². The normalized spacial score (nSPS) is 17.2. The van der Waals surface area contributed by atoms with Gasteiger partial charge in [-0.25, -0.2) is 4.79 Å². The molecule has 0 aromatic heterocycles. The highest BCUT2D eigenvalue weighted by atomic mass is 35.5. The van der Waals surface area contributed by atoms with Gasteiger partial charge in [-0.2, -0.15) is 0 Å². The number of hydrogen-bond acceptors (Lipinski definition) is 5. The van der Waals surface area contributed by atoms with Crippen molar-refractivity contribution in [2.24, 2.45) is 5.41 Å². The van der Waals surface area contributed by atoms with Crippen molar-refractivity contribution in [2.75, 3.05) is 14.2 Å². The highest BCUT2D eigenvalue weighted by molar-refractivity contribution is 6.49. The van der Waals surface area contributed by atoms with Gasteiger partial charge in [-0.05, 0) is 43.2 Å². The molecule has 200 valence electrons. The Morgan fingerprint density at radius 2 is 1.24 bits per heavy atom. The minimum absolute atomic E-state index is 0.0688. The second kappa shape index (κ2) is 10.5. The fourth-order valence-corrected chi connectivity index (χ4v) is 6.30. The number of carbonyl (C=O) groups excluding carboxylic acids is 1. The second-order valence-electron chi connectivity index (χ2n) is 9.57. The molecular weight excluding hydrogens is 570 g/mol. The highest BCUT2D eigenvalue weighted by Crippen LogP contribution is 2.58. The average Bonchev–Trinajstić information content (AvgIpc) is 3.13. The number of phenolic OH excluding ortho intramolecular Hbond substituents is 1. The highest BCUT2D eigenvalue weighted by Gasteiger charge is 2.61. The summed E-state index contributed by atoms with van der Waals surface area (Å²) in [7, 11) is 3.19. The predicted molar refractivity (Wildman–Crippen MR) is 151 cm³/mol. The standard InChI is InChI=1S/C29H26Cl4O5/c1-15(14-20-22(30)24(32)26(34)25(33)23(20)31)21-27(35)38-29(28(21,2)3,16-6-10-18(36-4)11-7-16)17-8-12-19(37-5)13-9-17/h6-13,34H,14H2,1-5H3/b21-15+. The van der Waals surface area contributed by atoms with Crippen LogP contribution in [0.4, 0.5) is 0 Å². The summed E-state index contributed by atoms with van der Waals surface area (Å²) >= 11 is 25.3. The van der Waals surface area contributed by atoms with Crippen molar-refractivity contribution in [3.63, 3.8) is 0 Å². The lowest BCUT2D eigenvalue weighted by Crippen LogP contribution is -2.40. The van der Waals surface area contributed by atoms with Gasteiger partial charge in [0.25, 0.3) is 0 Å². The van der Waals surface area contributed by atoms with Crippen LogP contribution in [0.25, 0.3) is 0 Å². The van der Waals surface area contributed by atoms with Crippen LogP contribution in [0.3, 0.4) is 0 Å². The van der Waals surface area contributed by atoms with E-state index in [1.165, 1.54) is 0 Å². The number of esters is 1. The van der Waals surface area contributed by atoms with E-state index in [4.69, 9.17) is 60.6 Å². The first-order valence-electron chi connectivity index (χ1n) is 11.7. The molecule has 1 N–H and O–H groups in total. The molecule has 4 rings (SSSR count). The molecule has 0 bridgehead atoms. The van der Waals surface area contributed by atoms with Gasteiger partial charge in [0.05, 0.1) is 24.3 Å². The third-order valence-corrected chi connectivity index (χ3v) is 8.91. The van der Waals surface area contributed by atoms with Gasteiger partial charge in [0.2, 0.25) is 0 Å². The molecule has 1 aliphatic rings. The number of phenols is 1. The number of cyclic esters (lactones) is 1. The first-order chi connectivity index (χ1) is 17.9. The third-order valence-electron chi connectivity index (χ3n) is 7.15. The summed E-state index contributed by atoms with van der Waals surface area (Å²) in [5, 5.41) is 10.1. The number of methoxy groups -OCH3 is 2. The average molecular weight is 596 g/mol. The Balaban J connectivity index is 1.93. The molecule has 3 aromatic carbocycles. The van der Waals surface area contributed by atoms with Crippen molar-refractivity contribution in [2.45, 2.75) is 32.8 Å². The lowest BCUT2D eigenvalue weighted by atomic mass is 9.64. The molecular formula is C29H26Cl4O5. The minimum atomic E-state index is -1.17. The first-order valence-corrected chi connectivity index (χ1v) is 13.2. The Kier molecular flexibility index (Phi) is 7.89. The molecule has 0 atom stereocenters. The smallest absolute Gasteiger partial charge is 0.335 e. The van der Waals surface area contributed by atoms with Crippen LogP contribution in [0.1, 0.15) is 37.5 Å². The Morgan fingerprint density at radius 1 is 0.816 bits per heavy atom. The number of benzene rings is 3. The van der Waals surface area contributed by atoms with Crippen LogP contribution < -0.4 is 9.47 Å². The van der Waals surface area contributed by atoms with E-state index in [-0.39, 0.29) is 26.5 Å². The molecule has 0 spiro atoms. The zero-order valence-electron chi connectivity index (χ0n) is 21.4. The zero-order valence-corrected chi connectivity index (χ0v) is 24.4. The molecule has 5 nitrogen and oxygen atoms in total. The maximum absolute atomic E-state index is 13.7. The van der Waals surface area contributed by atoms with Gasteiger partial charge in [0.15, 0.2) is 11.4 Å². The van der Waals surface area contributed by atoms with Crippen LogP contribution in [-0.4, -0.2) is 25.3 Å². The molecule has 1 heterocycles. The Labute approximate surface area is 241 Å². The minimum Gasteiger partial charge on any atom is -0.505 e. The van der Waals surface area contributed by atoms with Gasteiger partial charge < -0.3 is 19.3 Å². The van der Waals surface area contributed by atoms with Gasteiger partial charge in [-0.1, -0.05) is 90.1 Å². The summed E-state index contributed by atoms with van der Waals surface area (Å²) in [6, 6.07) is 14.9. The van der Waals surface area contributed by atoms with Crippen molar-refractivity contribution in [1.29, 1.82) is 0 Å². The summed E-state index contributed by atoms with van der Waals surface area (Å²) in [5.74, 6) is 0.495. The quantitative estimate of drug-likeness (QED) is 0.176. The number of aromatic hydroxyl groups is 1. The van der Waals surface area contributed by atoms with E-state index in [9.17, 15) is 9.90 Å². The number of ether oxygens (including phenoxy) is 3. The molecule has 38 heavy (non-hydrogen) atoms. The van der Waals surface area contributed by atoms with Crippen molar-refractivity contribution < 1.29 is 24.1 Å². The van der Waals surface area contributed by atoms with E-state index >= 15 is 0 Å². The fraction of sp³-hybridized carbons (Fsp3) is 0.276. The molecule has 0 unspecified atom stereocenters. The molecule has 0 radical (unpaired) electrons. The van der Waals surface area contributed by atoms with Crippen LogP contribution in [0.2, 0.25) is 20.1 Å². The molecule has 9 heteroatoms. The van der Waals surface area contributed by atoms with Gasteiger partial charge in [0.1, 0.15) is 21.5 Å². The summed E-state index contributed by atoms with van der Waals surface area (Å²) < 4.78 is 17.0. The van der Waals surface area contributed by atoms with Crippen LogP contribution in [-0.2, 0) is 21.6 Å². The third kappa shape index (κ3) is 4.40. The maximum Gasteiger partial charge on any atom is 0.335 e. The number of halogens is 4. The van der Waals surface area contributed by atoms with Gasteiger partial charge in [0, 0.05) is 22.1 Å². The molecule has 1 saturated heterocycles. The fourth-order valence-electron chi connectivity index (χ4n) is 5.29. The number of hydrogen-bond donors (Lipinski definition) is 1. The van der Waals surface area contributed by atoms with E-state index in [0.717, 1.165) is 11.1 Å². The Hall–Kier alpha value is -2.57. The van der Waals surface area contributed by atoms with E-state index in [1.807, 2.05) is 69.3 Å². The second-order valence-corrected chi connectivity index (χ2v) is 11.1. The SMILES string of the molecule is COc1ccc(C2(c3ccc(OC)cc3)OC(=O)/C(=C(/C)Cc3c(Cl)c(Cl)c(O)c(Cl)c3Cl)C2(C)C)cc1. The number of allylic oxidation sites excluding steroid dienone is 1. The van der Waals surface area contributed by atoms with E-state index in [2.05, 4.69) is 0 Å². The maximum atomic E-state index is 13.7. The molecule has 1 fully saturated rings. The zero-order chi connectivity index (χ0) is 28.0. The van der Waals surface area contributed by atoms with Crippen LogP contribution in [0, 0.1) is 5.41 Å². The Morgan fingerprint density at radius 3 is 1.63 bits per heavy atom. The van der Waals surface area contributed by atoms with Gasteiger partial charge >= 0.3 is 5.97 Å². The topological polar surface area (TPSA) is 65.0 Å².